The van der Waals surface area contributed by atoms with Crippen molar-refractivity contribution in [2.24, 2.45) is 34.5 Å². The predicted molar refractivity (Wildman–Crippen MR) is 167 cm³/mol. The number of ether oxygens (including phenoxy) is 5. The van der Waals surface area contributed by atoms with E-state index in [0.29, 0.717) is 38.5 Å². The molecule has 6 fully saturated rings. The van der Waals surface area contributed by atoms with E-state index in [-0.39, 0.29) is 55.4 Å². The second kappa shape index (κ2) is 13.3. The summed E-state index contributed by atoms with van der Waals surface area (Å²) in [6.45, 7) is 3.28. The van der Waals surface area contributed by atoms with Gasteiger partial charge in [-0.1, -0.05) is 6.92 Å². The number of hydrogen-bond donors (Lipinski definition) is 8. The molecule has 49 heavy (non-hydrogen) atoms. The maximum atomic E-state index is 12.5. The topological polar surface area (TPSA) is 225 Å². The molecule has 0 radical (unpaired) electrons. The molecule has 18 unspecified atom stereocenters. The van der Waals surface area contributed by atoms with Gasteiger partial charge in [0.1, 0.15) is 37.1 Å². The van der Waals surface area contributed by atoms with Gasteiger partial charge in [-0.05, 0) is 87.5 Å². The van der Waals surface area contributed by atoms with Gasteiger partial charge in [0.2, 0.25) is 0 Å². The van der Waals surface area contributed by atoms with Crippen molar-refractivity contribution in [3.05, 3.63) is 11.6 Å². The lowest BCUT2D eigenvalue weighted by molar-refractivity contribution is -0.344. The van der Waals surface area contributed by atoms with E-state index in [2.05, 4.69) is 6.92 Å². The van der Waals surface area contributed by atoms with E-state index >= 15 is 0 Å². The monoisotopic (exact) mass is 698 g/mol. The average Bonchev–Trinajstić information content (AvgIpc) is 3.61. The highest BCUT2D eigenvalue weighted by Gasteiger charge is 2.71. The zero-order valence-corrected chi connectivity index (χ0v) is 28.3. The molecule has 2 saturated heterocycles. The summed E-state index contributed by atoms with van der Waals surface area (Å²) in [5, 5.41) is 86.6. The molecule has 7 rings (SSSR count). The number of hydrogen-bond acceptors (Lipinski definition) is 14. The Morgan fingerprint density at radius 1 is 0.918 bits per heavy atom. The molecule has 0 bridgehead atoms. The number of cyclic esters (lactones) is 1. The number of aliphatic hydroxyl groups excluding tert-OH is 7. The molecular weight excluding hydrogens is 644 g/mol. The van der Waals surface area contributed by atoms with Crippen LogP contribution in [0.25, 0.3) is 0 Å². The first kappa shape index (κ1) is 36.1. The number of esters is 1. The van der Waals surface area contributed by atoms with E-state index in [4.69, 9.17) is 23.7 Å². The van der Waals surface area contributed by atoms with Gasteiger partial charge < -0.3 is 64.5 Å². The standard InChI is InChI=1S/C35H54O14/c1-16-31(49-32-30(43)29(42)28(41)24(13-36)48-32)22(38)11-26(46-16)47-19-5-7-34(15-37)18(10-19)3-4-21-27(34)23(39)12-33(2)20(6-8-35(21,33)44)17-9-25(40)45-14-17/h9,16,18-24,26-32,36-39,41-44H,3-8,10-15H2,1-2H3. The molecule has 4 aliphatic carbocycles. The number of carbonyl (C=O) groups excluding carboxylic acids is 1. The third-order valence-electron chi connectivity index (χ3n) is 14.0. The molecule has 0 aromatic rings. The van der Waals surface area contributed by atoms with E-state index in [1.54, 1.807) is 13.0 Å². The first-order valence-corrected chi connectivity index (χ1v) is 18.1. The smallest absolute Gasteiger partial charge is 0.331 e. The van der Waals surface area contributed by atoms with E-state index in [1.807, 2.05) is 0 Å². The average molecular weight is 699 g/mol. The fraction of sp³-hybridized carbons (Fsp3) is 0.914. The van der Waals surface area contributed by atoms with Gasteiger partial charge in [-0.15, -0.1) is 0 Å². The minimum Gasteiger partial charge on any atom is -0.458 e. The van der Waals surface area contributed by atoms with Gasteiger partial charge in [0, 0.05) is 29.9 Å². The molecule has 3 aliphatic heterocycles. The van der Waals surface area contributed by atoms with Gasteiger partial charge in [0.05, 0.1) is 36.6 Å². The summed E-state index contributed by atoms with van der Waals surface area (Å²) in [7, 11) is 0. The normalized spacial score (nSPS) is 54.4. The highest BCUT2D eigenvalue weighted by atomic mass is 16.7. The van der Waals surface area contributed by atoms with Crippen LogP contribution in [0.4, 0.5) is 0 Å². The van der Waals surface area contributed by atoms with Crippen molar-refractivity contribution in [1.82, 2.24) is 0 Å². The Bertz CT molecular complexity index is 1250. The van der Waals surface area contributed by atoms with Crippen LogP contribution in [0, 0.1) is 34.5 Å². The Hall–Kier alpha value is -1.27. The van der Waals surface area contributed by atoms with Crippen LogP contribution in [0.2, 0.25) is 0 Å². The first-order valence-electron chi connectivity index (χ1n) is 18.1. The Kier molecular flexibility index (Phi) is 9.80. The van der Waals surface area contributed by atoms with Gasteiger partial charge in [-0.25, -0.2) is 4.79 Å². The molecule has 14 heteroatoms. The lowest BCUT2D eigenvalue weighted by Gasteiger charge is -2.65. The summed E-state index contributed by atoms with van der Waals surface area (Å²) in [5.41, 5.74) is -1.33. The Morgan fingerprint density at radius 3 is 2.37 bits per heavy atom. The lowest BCUT2D eigenvalue weighted by Crippen LogP contribution is -2.67. The largest absolute Gasteiger partial charge is 0.458 e. The van der Waals surface area contributed by atoms with Crippen LogP contribution < -0.4 is 0 Å². The van der Waals surface area contributed by atoms with Crippen LogP contribution in [0.15, 0.2) is 11.6 Å². The first-order chi connectivity index (χ1) is 23.3. The molecule has 18 atom stereocenters. The second-order valence-corrected chi connectivity index (χ2v) is 16.2. The molecular formula is C35H54O14. The number of fused-ring (bicyclic) bond motifs is 5. The zero-order valence-electron chi connectivity index (χ0n) is 28.3. The molecule has 0 aromatic carbocycles. The summed E-state index contributed by atoms with van der Waals surface area (Å²) in [6.07, 6.45) is -5.05. The number of rotatable bonds is 7. The van der Waals surface area contributed by atoms with Crippen molar-refractivity contribution in [3.63, 3.8) is 0 Å². The fourth-order valence-electron chi connectivity index (χ4n) is 11.5. The summed E-state index contributed by atoms with van der Waals surface area (Å²) >= 11 is 0. The van der Waals surface area contributed by atoms with Gasteiger partial charge >= 0.3 is 5.97 Å². The van der Waals surface area contributed by atoms with E-state index < -0.39 is 84.4 Å². The fourth-order valence-corrected chi connectivity index (χ4v) is 11.5. The third kappa shape index (κ3) is 5.73. The molecule has 278 valence electrons. The van der Waals surface area contributed by atoms with Gasteiger partial charge in [0.25, 0.3) is 0 Å². The highest BCUT2D eigenvalue weighted by molar-refractivity contribution is 5.85. The molecule has 0 aromatic heterocycles. The van der Waals surface area contributed by atoms with Crippen molar-refractivity contribution >= 4 is 5.97 Å². The molecule has 14 nitrogen and oxygen atoms in total. The molecule has 3 heterocycles. The molecule has 4 saturated carbocycles. The van der Waals surface area contributed by atoms with E-state index in [0.717, 1.165) is 18.4 Å². The van der Waals surface area contributed by atoms with Gasteiger partial charge in [0.15, 0.2) is 12.6 Å². The van der Waals surface area contributed by atoms with Crippen LogP contribution in [-0.2, 0) is 28.5 Å². The van der Waals surface area contributed by atoms with Gasteiger partial charge in [-0.2, -0.15) is 0 Å². The summed E-state index contributed by atoms with van der Waals surface area (Å²) in [6, 6.07) is 0. The van der Waals surface area contributed by atoms with E-state index in [9.17, 15) is 45.6 Å². The number of aliphatic hydroxyl groups is 8. The summed E-state index contributed by atoms with van der Waals surface area (Å²) in [5.74, 6) is -0.830. The minimum absolute atomic E-state index is 0.0501. The maximum Gasteiger partial charge on any atom is 0.331 e. The molecule has 7 aliphatic rings. The van der Waals surface area contributed by atoms with Crippen LogP contribution in [0.5, 0.6) is 0 Å². The van der Waals surface area contributed by atoms with Crippen LogP contribution in [-0.4, -0.2) is 140 Å². The third-order valence-corrected chi connectivity index (χ3v) is 14.0. The maximum absolute atomic E-state index is 12.5. The van der Waals surface area contributed by atoms with Crippen molar-refractivity contribution in [2.75, 3.05) is 19.8 Å². The van der Waals surface area contributed by atoms with Gasteiger partial charge in [-0.3, -0.25) is 0 Å². The Labute approximate surface area is 285 Å². The molecule has 0 spiro atoms. The van der Waals surface area contributed by atoms with Crippen LogP contribution in [0.3, 0.4) is 0 Å². The SMILES string of the molecule is CC1OC(OC2CCC3(CO)C(CCC4C3C(O)CC3(C)C(C5=CC(=O)OC5)CCC43O)C2)CC(O)C1OC1OC(CO)C(O)C(O)C1O. The van der Waals surface area contributed by atoms with E-state index in [1.165, 1.54) is 0 Å². The number of carbonyl (C=O) groups is 1. The van der Waals surface area contributed by atoms with Crippen molar-refractivity contribution in [3.8, 4) is 0 Å². The second-order valence-electron chi connectivity index (χ2n) is 16.2. The lowest BCUT2D eigenvalue weighted by atomic mass is 9.42. The highest BCUT2D eigenvalue weighted by Crippen LogP contribution is 2.70. The summed E-state index contributed by atoms with van der Waals surface area (Å²) < 4.78 is 29.0. The predicted octanol–water partition coefficient (Wildman–Crippen LogP) is -0.747. The van der Waals surface area contributed by atoms with Crippen molar-refractivity contribution in [2.45, 2.75) is 145 Å². The van der Waals surface area contributed by atoms with Crippen LogP contribution in [0.1, 0.15) is 71.6 Å². The zero-order chi connectivity index (χ0) is 35.0. The quantitative estimate of drug-likeness (QED) is 0.121. The summed E-state index contributed by atoms with van der Waals surface area (Å²) in [4.78, 5) is 11.9. The molecule has 0 amide bonds. The van der Waals surface area contributed by atoms with Crippen molar-refractivity contribution in [1.29, 1.82) is 0 Å². The van der Waals surface area contributed by atoms with Crippen molar-refractivity contribution < 1.29 is 69.3 Å². The minimum atomic E-state index is -1.61. The molecule has 8 N–H and O–H groups in total. The Balaban J connectivity index is 0.995. The van der Waals surface area contributed by atoms with Crippen LogP contribution >= 0.6 is 0 Å². The Morgan fingerprint density at radius 2 is 1.69 bits per heavy atom.